The zero-order valence-corrected chi connectivity index (χ0v) is 15.0. The molecule has 0 spiro atoms. The molecule has 2 aromatic rings. The molecule has 0 radical (unpaired) electrons. The van der Waals surface area contributed by atoms with Crippen LogP contribution in [0.5, 0.6) is 0 Å². The van der Waals surface area contributed by atoms with E-state index in [1.54, 1.807) is 17.5 Å². The summed E-state index contributed by atoms with van der Waals surface area (Å²) in [6.45, 7) is 6.22. The van der Waals surface area contributed by atoms with Gasteiger partial charge < -0.3 is 9.64 Å². The lowest BCUT2D eigenvalue weighted by atomic mass is 9.94. The second-order valence-electron chi connectivity index (χ2n) is 6.14. The minimum Gasteiger partial charge on any atom is -0.372 e. The van der Waals surface area contributed by atoms with Crippen LogP contribution in [-0.2, 0) is 16.0 Å². The number of rotatable bonds is 6. The monoisotopic (exact) mass is 348 g/mol. The van der Waals surface area contributed by atoms with Crippen LogP contribution in [0.4, 0.5) is 0 Å². The van der Waals surface area contributed by atoms with E-state index < -0.39 is 0 Å². The van der Waals surface area contributed by atoms with Crippen LogP contribution in [0.2, 0.25) is 0 Å². The van der Waals surface area contributed by atoms with E-state index in [2.05, 4.69) is 15.2 Å². The minimum absolute atomic E-state index is 0.0106. The number of aromatic amines is 1. The summed E-state index contributed by atoms with van der Waals surface area (Å²) in [7, 11) is 0. The average molecular weight is 348 g/mol. The largest absolute Gasteiger partial charge is 0.372 e. The lowest BCUT2D eigenvalue weighted by Crippen LogP contribution is -2.40. The van der Waals surface area contributed by atoms with Crippen molar-refractivity contribution in [3.8, 4) is 0 Å². The predicted molar refractivity (Wildman–Crippen MR) is 93.0 cm³/mol. The highest BCUT2D eigenvalue weighted by Crippen LogP contribution is 2.26. The molecule has 0 aliphatic carbocycles. The van der Waals surface area contributed by atoms with Gasteiger partial charge in [-0.2, -0.15) is 5.10 Å². The Morgan fingerprint density at radius 3 is 3.21 bits per heavy atom. The molecule has 130 valence electrons. The summed E-state index contributed by atoms with van der Waals surface area (Å²) in [5.41, 5.74) is 1.96. The van der Waals surface area contributed by atoms with Crippen LogP contribution in [0.3, 0.4) is 0 Å². The number of carbonyl (C=O) groups excluding carboxylic acids is 1. The van der Waals surface area contributed by atoms with Crippen LogP contribution < -0.4 is 0 Å². The molecule has 24 heavy (non-hydrogen) atoms. The van der Waals surface area contributed by atoms with E-state index in [9.17, 15) is 4.79 Å². The fourth-order valence-corrected chi connectivity index (χ4v) is 3.95. The number of thiazole rings is 1. The number of piperidine rings is 1. The van der Waals surface area contributed by atoms with E-state index >= 15 is 0 Å². The summed E-state index contributed by atoms with van der Waals surface area (Å²) in [5.74, 6) is 0.509. The van der Waals surface area contributed by atoms with E-state index in [-0.39, 0.29) is 12.0 Å². The highest BCUT2D eigenvalue weighted by atomic mass is 32.1. The Balaban J connectivity index is 1.58. The Bertz CT molecular complexity index is 655. The fourth-order valence-electron chi connectivity index (χ4n) is 3.13. The van der Waals surface area contributed by atoms with Crippen molar-refractivity contribution in [1.82, 2.24) is 20.1 Å². The van der Waals surface area contributed by atoms with Gasteiger partial charge in [-0.25, -0.2) is 4.98 Å². The van der Waals surface area contributed by atoms with E-state index in [1.165, 1.54) is 0 Å². The third-order valence-electron chi connectivity index (χ3n) is 4.40. The molecular weight excluding hydrogens is 324 g/mol. The Labute approximate surface area is 146 Å². The van der Waals surface area contributed by atoms with Crippen LogP contribution in [0.15, 0.2) is 17.6 Å². The van der Waals surface area contributed by atoms with Crippen molar-refractivity contribution in [3.63, 3.8) is 0 Å². The molecule has 6 nitrogen and oxygen atoms in total. The molecule has 1 N–H and O–H groups in total. The average Bonchev–Trinajstić information content (AvgIpc) is 3.27. The Morgan fingerprint density at radius 2 is 2.46 bits per heavy atom. The van der Waals surface area contributed by atoms with Crippen molar-refractivity contribution >= 4 is 17.2 Å². The highest BCUT2D eigenvalue weighted by molar-refractivity contribution is 7.09. The maximum Gasteiger partial charge on any atom is 0.228 e. The van der Waals surface area contributed by atoms with Crippen molar-refractivity contribution < 1.29 is 9.53 Å². The zero-order valence-electron chi connectivity index (χ0n) is 14.2. The van der Waals surface area contributed by atoms with Crippen molar-refractivity contribution in [3.05, 3.63) is 34.0 Å². The molecule has 1 aliphatic heterocycles. The maximum absolute atomic E-state index is 12.6. The first kappa shape index (κ1) is 17.1. The summed E-state index contributed by atoms with van der Waals surface area (Å²) >= 11 is 1.56. The van der Waals surface area contributed by atoms with Gasteiger partial charge in [0.1, 0.15) is 11.1 Å². The molecule has 3 rings (SSSR count). The number of hydrogen-bond donors (Lipinski definition) is 1. The number of likely N-dealkylation sites (tertiary alicyclic amines) is 1. The normalized spacial score (nSPS) is 19.4. The van der Waals surface area contributed by atoms with Gasteiger partial charge in [-0.15, -0.1) is 11.3 Å². The minimum atomic E-state index is -0.0106. The number of hydrogen-bond acceptors (Lipinski definition) is 5. The summed E-state index contributed by atoms with van der Waals surface area (Å²) < 4.78 is 5.56. The number of aromatic nitrogens is 3. The van der Waals surface area contributed by atoms with Gasteiger partial charge in [-0.3, -0.25) is 9.89 Å². The lowest BCUT2D eigenvalue weighted by molar-refractivity contribution is -0.131. The van der Waals surface area contributed by atoms with Gasteiger partial charge in [-0.1, -0.05) is 0 Å². The van der Waals surface area contributed by atoms with Crippen LogP contribution in [0, 0.1) is 0 Å². The summed E-state index contributed by atoms with van der Waals surface area (Å²) in [5, 5.41) is 9.96. The summed E-state index contributed by atoms with van der Waals surface area (Å²) in [6.07, 6.45) is 4.25. The van der Waals surface area contributed by atoms with Gasteiger partial charge >= 0.3 is 0 Å². The second kappa shape index (κ2) is 7.90. The molecular formula is C17H24N4O2S. The van der Waals surface area contributed by atoms with Crippen LogP contribution >= 0.6 is 11.3 Å². The van der Waals surface area contributed by atoms with Gasteiger partial charge in [-0.05, 0) is 32.8 Å². The van der Waals surface area contributed by atoms with Crippen LogP contribution in [0.1, 0.15) is 55.1 Å². The predicted octanol–water partition coefficient (Wildman–Crippen LogP) is 2.91. The lowest BCUT2D eigenvalue weighted by Gasteiger charge is -2.32. The second-order valence-corrected chi connectivity index (χ2v) is 7.03. The molecule has 0 saturated carbocycles. The smallest absolute Gasteiger partial charge is 0.228 e. The number of H-pyrrole nitrogens is 1. The van der Waals surface area contributed by atoms with Crippen molar-refractivity contribution in [2.45, 2.75) is 45.1 Å². The van der Waals surface area contributed by atoms with E-state index in [0.717, 1.165) is 42.3 Å². The summed E-state index contributed by atoms with van der Waals surface area (Å²) in [6, 6.07) is 2.00. The fraction of sp³-hybridized carbons (Fsp3) is 0.588. The molecule has 2 atom stereocenters. The molecule has 1 saturated heterocycles. The number of amides is 1. The zero-order chi connectivity index (χ0) is 16.9. The van der Waals surface area contributed by atoms with Crippen LogP contribution in [-0.4, -0.2) is 45.7 Å². The summed E-state index contributed by atoms with van der Waals surface area (Å²) in [4.78, 5) is 19.1. The molecule has 2 aromatic heterocycles. The molecule has 1 fully saturated rings. The van der Waals surface area contributed by atoms with Gasteiger partial charge in [0.05, 0.1) is 12.1 Å². The van der Waals surface area contributed by atoms with Crippen LogP contribution in [0.25, 0.3) is 0 Å². The first-order valence-corrected chi connectivity index (χ1v) is 9.38. The molecule has 2 unspecified atom stereocenters. The number of ether oxygens (including phenoxy) is 1. The number of nitrogens with zero attached hydrogens (tertiary/aromatic N) is 3. The Morgan fingerprint density at radius 1 is 1.58 bits per heavy atom. The number of carbonyl (C=O) groups is 1. The molecule has 3 heterocycles. The quantitative estimate of drug-likeness (QED) is 0.871. The van der Waals surface area contributed by atoms with Gasteiger partial charge in [0.2, 0.25) is 5.91 Å². The van der Waals surface area contributed by atoms with Crippen molar-refractivity contribution in [2.24, 2.45) is 0 Å². The highest BCUT2D eigenvalue weighted by Gasteiger charge is 2.26. The van der Waals surface area contributed by atoms with Crippen molar-refractivity contribution in [1.29, 1.82) is 0 Å². The first-order valence-electron chi connectivity index (χ1n) is 8.50. The van der Waals surface area contributed by atoms with Gasteiger partial charge in [0.15, 0.2) is 0 Å². The molecule has 0 bridgehead atoms. The molecule has 1 amide bonds. The molecule has 1 aliphatic rings. The third-order valence-corrected chi connectivity index (χ3v) is 5.46. The van der Waals surface area contributed by atoms with Crippen molar-refractivity contribution in [2.75, 3.05) is 19.7 Å². The Hall–Kier alpha value is -1.73. The molecule has 7 heteroatoms. The van der Waals surface area contributed by atoms with Gasteiger partial charge in [0, 0.05) is 42.9 Å². The maximum atomic E-state index is 12.6. The Kier molecular flexibility index (Phi) is 5.63. The third kappa shape index (κ3) is 4.02. The SMILES string of the molecule is CCOC(C)c1nc(CC(=O)N2CCCC(c3ccn[nH]3)C2)cs1. The topological polar surface area (TPSA) is 71.1 Å². The van der Waals surface area contributed by atoms with Gasteiger partial charge in [0.25, 0.3) is 0 Å². The van der Waals surface area contributed by atoms with E-state index in [0.29, 0.717) is 18.9 Å². The number of nitrogens with one attached hydrogen (secondary N) is 1. The van der Waals surface area contributed by atoms with E-state index in [4.69, 9.17) is 4.74 Å². The standard InChI is InChI=1S/C17H24N4O2S/c1-3-23-12(2)17-19-14(11-24-17)9-16(22)21-8-4-5-13(10-21)15-6-7-18-20-15/h6-7,11-13H,3-5,8-10H2,1-2H3,(H,18,20). The first-order chi connectivity index (χ1) is 11.7. The van der Waals surface area contributed by atoms with E-state index in [1.807, 2.05) is 30.2 Å². The molecule has 0 aromatic carbocycles.